The van der Waals surface area contributed by atoms with E-state index in [4.69, 9.17) is 0 Å². The summed E-state index contributed by atoms with van der Waals surface area (Å²) in [5.74, 6) is 0.938. The van der Waals surface area contributed by atoms with Crippen LogP contribution in [0.15, 0.2) is 12.3 Å². The van der Waals surface area contributed by atoms with Gasteiger partial charge in [0, 0.05) is 18.4 Å². The molecule has 0 amide bonds. The molecule has 2 rings (SSSR count). The van der Waals surface area contributed by atoms with Crippen molar-refractivity contribution in [1.82, 2.24) is 15.5 Å². The van der Waals surface area contributed by atoms with Crippen LogP contribution < -0.4 is 5.32 Å². The fraction of sp³-hybridized carbons (Fsp3) is 0.667. The molecule has 66 valence electrons. The molecule has 0 aliphatic heterocycles. The smallest absolute Gasteiger partial charge is 0.0490 e. The summed E-state index contributed by atoms with van der Waals surface area (Å²) in [6, 6.07) is 2.01. The van der Waals surface area contributed by atoms with Gasteiger partial charge in [-0.25, -0.2) is 0 Å². The van der Waals surface area contributed by atoms with Gasteiger partial charge >= 0.3 is 0 Å². The van der Waals surface area contributed by atoms with Crippen molar-refractivity contribution in [1.29, 1.82) is 0 Å². The van der Waals surface area contributed by atoms with Gasteiger partial charge in [-0.15, -0.1) is 0 Å². The molecule has 1 fully saturated rings. The molecule has 12 heavy (non-hydrogen) atoms. The first-order valence-electron chi connectivity index (χ1n) is 4.64. The summed E-state index contributed by atoms with van der Waals surface area (Å²) in [6.07, 6.45) is 6.04. The third kappa shape index (κ3) is 1.85. The van der Waals surface area contributed by atoms with E-state index in [0.29, 0.717) is 0 Å². The second kappa shape index (κ2) is 3.72. The molecule has 1 aromatic rings. The van der Waals surface area contributed by atoms with Crippen molar-refractivity contribution in [2.24, 2.45) is 5.92 Å². The molecule has 1 aliphatic rings. The third-order valence-corrected chi connectivity index (χ3v) is 2.53. The highest BCUT2D eigenvalue weighted by atomic mass is 15.1. The van der Waals surface area contributed by atoms with E-state index in [1.54, 1.807) is 6.20 Å². The minimum absolute atomic E-state index is 0.927. The zero-order valence-corrected chi connectivity index (χ0v) is 7.21. The summed E-state index contributed by atoms with van der Waals surface area (Å²) in [5.41, 5.74) is 1.18. The van der Waals surface area contributed by atoms with Gasteiger partial charge in [-0.1, -0.05) is 6.42 Å². The Morgan fingerprint density at radius 1 is 1.58 bits per heavy atom. The summed E-state index contributed by atoms with van der Waals surface area (Å²) in [7, 11) is 0. The molecule has 3 heteroatoms. The van der Waals surface area contributed by atoms with Crippen molar-refractivity contribution in [2.75, 3.05) is 6.54 Å². The first-order valence-corrected chi connectivity index (χ1v) is 4.64. The topological polar surface area (TPSA) is 40.7 Å². The molecule has 0 bridgehead atoms. The average molecular weight is 165 g/mol. The molecule has 0 saturated heterocycles. The zero-order chi connectivity index (χ0) is 8.23. The number of aromatic nitrogens is 2. The minimum Gasteiger partial charge on any atom is -0.311 e. The SMILES string of the molecule is c1cc(CNCC2CCC2)[nH]n1. The van der Waals surface area contributed by atoms with Crippen LogP contribution >= 0.6 is 0 Å². The lowest BCUT2D eigenvalue weighted by Gasteiger charge is -2.25. The van der Waals surface area contributed by atoms with Crippen molar-refractivity contribution in [2.45, 2.75) is 25.8 Å². The highest BCUT2D eigenvalue weighted by Gasteiger charge is 2.16. The monoisotopic (exact) mass is 165 g/mol. The maximum Gasteiger partial charge on any atom is 0.0490 e. The van der Waals surface area contributed by atoms with E-state index in [9.17, 15) is 0 Å². The molecule has 1 aliphatic carbocycles. The fourth-order valence-corrected chi connectivity index (χ4v) is 1.49. The van der Waals surface area contributed by atoms with Crippen molar-refractivity contribution in [3.05, 3.63) is 18.0 Å². The van der Waals surface area contributed by atoms with Gasteiger partial charge < -0.3 is 5.32 Å². The molecule has 0 spiro atoms. The number of hydrogen-bond donors (Lipinski definition) is 2. The molecule has 0 unspecified atom stereocenters. The number of rotatable bonds is 4. The summed E-state index contributed by atoms with van der Waals surface area (Å²) in [5, 5.41) is 10.2. The van der Waals surface area contributed by atoms with Crippen LogP contribution in [0, 0.1) is 5.92 Å². The second-order valence-electron chi connectivity index (χ2n) is 3.51. The maximum atomic E-state index is 3.89. The van der Waals surface area contributed by atoms with Crippen molar-refractivity contribution >= 4 is 0 Å². The van der Waals surface area contributed by atoms with E-state index >= 15 is 0 Å². The van der Waals surface area contributed by atoms with Gasteiger partial charge in [0.2, 0.25) is 0 Å². The molecule has 2 N–H and O–H groups in total. The Labute approximate surface area is 72.6 Å². The first kappa shape index (κ1) is 7.80. The minimum atomic E-state index is 0.927. The standard InChI is InChI=1S/C9H15N3/c1-2-8(3-1)6-10-7-9-4-5-11-12-9/h4-5,8,10H,1-3,6-7H2,(H,11,12). The average Bonchev–Trinajstić information content (AvgIpc) is 2.46. The highest BCUT2D eigenvalue weighted by molar-refractivity contribution is 4.96. The summed E-state index contributed by atoms with van der Waals surface area (Å²) in [4.78, 5) is 0. The lowest BCUT2D eigenvalue weighted by atomic mass is 9.85. The van der Waals surface area contributed by atoms with E-state index < -0.39 is 0 Å². The number of nitrogens with one attached hydrogen (secondary N) is 2. The zero-order valence-electron chi connectivity index (χ0n) is 7.21. The molecular weight excluding hydrogens is 150 g/mol. The van der Waals surface area contributed by atoms with Gasteiger partial charge in [-0.3, -0.25) is 5.10 Å². The lowest BCUT2D eigenvalue weighted by Crippen LogP contribution is -2.26. The quantitative estimate of drug-likeness (QED) is 0.706. The predicted molar refractivity (Wildman–Crippen MR) is 47.6 cm³/mol. The van der Waals surface area contributed by atoms with Gasteiger partial charge in [0.25, 0.3) is 0 Å². The van der Waals surface area contributed by atoms with Crippen LogP contribution in [0.2, 0.25) is 0 Å². The Bertz CT molecular complexity index is 214. The molecule has 1 heterocycles. The molecule has 1 saturated carbocycles. The van der Waals surface area contributed by atoms with Crippen molar-refractivity contribution in [3.8, 4) is 0 Å². The number of hydrogen-bond acceptors (Lipinski definition) is 2. The third-order valence-electron chi connectivity index (χ3n) is 2.53. The molecule has 0 radical (unpaired) electrons. The molecular formula is C9H15N3. The van der Waals surface area contributed by atoms with Gasteiger partial charge in [-0.2, -0.15) is 5.10 Å². The largest absolute Gasteiger partial charge is 0.311 e. The first-order chi connectivity index (χ1) is 5.95. The van der Waals surface area contributed by atoms with Crippen molar-refractivity contribution in [3.63, 3.8) is 0 Å². The number of aromatic amines is 1. The van der Waals surface area contributed by atoms with Crippen molar-refractivity contribution < 1.29 is 0 Å². The number of H-pyrrole nitrogens is 1. The van der Waals surface area contributed by atoms with Crippen LogP contribution in [-0.4, -0.2) is 16.7 Å². The van der Waals surface area contributed by atoms with Crippen LogP contribution in [0.4, 0.5) is 0 Å². The Morgan fingerprint density at radius 3 is 3.08 bits per heavy atom. The van der Waals surface area contributed by atoms with Crippen LogP contribution in [0.5, 0.6) is 0 Å². The summed E-state index contributed by atoms with van der Waals surface area (Å²) < 4.78 is 0. The van der Waals surface area contributed by atoms with E-state index in [2.05, 4.69) is 15.5 Å². The molecule has 3 nitrogen and oxygen atoms in total. The van der Waals surface area contributed by atoms with E-state index in [-0.39, 0.29) is 0 Å². The molecule has 1 aromatic heterocycles. The van der Waals surface area contributed by atoms with E-state index in [1.807, 2.05) is 6.07 Å². The van der Waals surface area contributed by atoms with Gasteiger partial charge in [0.15, 0.2) is 0 Å². The van der Waals surface area contributed by atoms with Gasteiger partial charge in [0.1, 0.15) is 0 Å². The normalized spacial score (nSPS) is 17.7. The van der Waals surface area contributed by atoms with Gasteiger partial charge in [-0.05, 0) is 31.4 Å². The Balaban J connectivity index is 1.62. The van der Waals surface area contributed by atoms with Gasteiger partial charge in [0.05, 0.1) is 0 Å². The van der Waals surface area contributed by atoms with Crippen LogP contribution in [0.1, 0.15) is 25.0 Å². The Hall–Kier alpha value is -0.830. The molecule has 0 aromatic carbocycles. The predicted octanol–water partition coefficient (Wildman–Crippen LogP) is 1.30. The fourth-order valence-electron chi connectivity index (χ4n) is 1.49. The summed E-state index contributed by atoms with van der Waals surface area (Å²) >= 11 is 0. The maximum absolute atomic E-state index is 3.89. The highest BCUT2D eigenvalue weighted by Crippen LogP contribution is 2.25. The number of nitrogens with zero attached hydrogens (tertiary/aromatic N) is 1. The Kier molecular flexibility index (Phi) is 2.42. The van der Waals surface area contributed by atoms with E-state index in [0.717, 1.165) is 12.5 Å². The van der Waals surface area contributed by atoms with Crippen LogP contribution in [-0.2, 0) is 6.54 Å². The Morgan fingerprint density at radius 2 is 2.50 bits per heavy atom. The van der Waals surface area contributed by atoms with Crippen LogP contribution in [0.3, 0.4) is 0 Å². The molecule has 0 atom stereocenters. The lowest BCUT2D eigenvalue weighted by molar-refractivity contribution is 0.301. The second-order valence-corrected chi connectivity index (χ2v) is 3.51. The van der Waals surface area contributed by atoms with Crippen LogP contribution in [0.25, 0.3) is 0 Å². The summed E-state index contributed by atoms with van der Waals surface area (Å²) in [6.45, 7) is 2.09. The van der Waals surface area contributed by atoms with E-state index in [1.165, 1.54) is 31.5 Å².